The molecule has 2 rings (SSSR count). The largest absolute Gasteiger partial charge is 0.344 e. The van der Waals surface area contributed by atoms with Crippen LogP contribution in [0.5, 0.6) is 0 Å². The summed E-state index contributed by atoms with van der Waals surface area (Å²) in [6, 6.07) is 13.9. The molecule has 1 amide bonds. The molecule has 1 heterocycles. The average Bonchev–Trinajstić information content (AvgIpc) is 2.91. The highest BCUT2D eigenvalue weighted by Gasteiger charge is 2.16. The predicted octanol–water partition coefficient (Wildman–Crippen LogP) is 3.58. The number of thiophene rings is 1. The van der Waals surface area contributed by atoms with E-state index in [2.05, 4.69) is 5.32 Å². The van der Waals surface area contributed by atoms with Crippen molar-refractivity contribution in [2.24, 2.45) is 0 Å². The number of rotatable bonds is 5. The van der Waals surface area contributed by atoms with Gasteiger partial charge >= 0.3 is 0 Å². The fourth-order valence-electron chi connectivity index (χ4n) is 1.74. The maximum Gasteiger partial charge on any atom is 0.221 e. The second-order valence-corrected chi connectivity index (χ2v) is 5.22. The van der Waals surface area contributed by atoms with Crippen LogP contribution in [0, 0.1) is 0 Å². The number of hydrogen-bond donors (Lipinski definition) is 1. The van der Waals surface area contributed by atoms with Crippen LogP contribution in [-0.2, 0) is 4.79 Å². The summed E-state index contributed by atoms with van der Waals surface area (Å²) >= 11 is 7.23. The lowest BCUT2D eigenvalue weighted by Gasteiger charge is -2.17. The topological polar surface area (TPSA) is 29.1 Å². The zero-order valence-electron chi connectivity index (χ0n) is 9.80. The first-order valence-electron chi connectivity index (χ1n) is 5.75. The van der Waals surface area contributed by atoms with Gasteiger partial charge in [0.25, 0.3) is 0 Å². The van der Waals surface area contributed by atoms with Gasteiger partial charge in [-0.05, 0) is 17.0 Å². The Hall–Kier alpha value is -1.32. The molecule has 1 N–H and O–H groups in total. The maximum atomic E-state index is 11.7. The van der Waals surface area contributed by atoms with E-state index in [4.69, 9.17) is 11.6 Å². The van der Waals surface area contributed by atoms with E-state index >= 15 is 0 Å². The van der Waals surface area contributed by atoms with Gasteiger partial charge in [0.2, 0.25) is 5.91 Å². The third-order valence-corrected chi connectivity index (χ3v) is 3.71. The zero-order chi connectivity index (χ0) is 12.8. The Bertz CT molecular complexity index is 484. The van der Waals surface area contributed by atoms with Crippen molar-refractivity contribution in [3.63, 3.8) is 0 Å². The van der Waals surface area contributed by atoms with Gasteiger partial charge in [-0.3, -0.25) is 4.79 Å². The van der Waals surface area contributed by atoms with Crippen molar-refractivity contribution < 1.29 is 4.79 Å². The molecule has 18 heavy (non-hydrogen) atoms. The van der Waals surface area contributed by atoms with Crippen LogP contribution >= 0.6 is 22.9 Å². The van der Waals surface area contributed by atoms with E-state index < -0.39 is 0 Å². The highest BCUT2D eigenvalue weighted by Crippen LogP contribution is 2.25. The molecule has 0 radical (unpaired) electrons. The molecule has 1 aromatic heterocycles. The second kappa shape index (κ2) is 6.57. The molecular weight excluding hydrogens is 266 g/mol. The van der Waals surface area contributed by atoms with E-state index in [1.54, 1.807) is 11.3 Å². The Morgan fingerprint density at radius 3 is 2.61 bits per heavy atom. The van der Waals surface area contributed by atoms with Gasteiger partial charge in [-0.15, -0.1) is 22.9 Å². The van der Waals surface area contributed by atoms with Crippen molar-refractivity contribution in [1.82, 2.24) is 5.32 Å². The van der Waals surface area contributed by atoms with Crippen molar-refractivity contribution in [3.05, 3.63) is 58.3 Å². The lowest BCUT2D eigenvalue weighted by molar-refractivity contribution is -0.121. The molecule has 0 aliphatic rings. The van der Waals surface area contributed by atoms with Crippen molar-refractivity contribution in [2.45, 2.75) is 12.5 Å². The summed E-state index contributed by atoms with van der Waals surface area (Å²) in [4.78, 5) is 12.9. The smallest absolute Gasteiger partial charge is 0.221 e. The molecular formula is C14H14ClNOS. The number of nitrogens with one attached hydrogen (secondary N) is 1. The zero-order valence-corrected chi connectivity index (χ0v) is 11.4. The van der Waals surface area contributed by atoms with Crippen LogP contribution in [-0.4, -0.2) is 11.8 Å². The SMILES string of the molecule is O=C(CCCl)N[C@H](c1ccccc1)c1cccs1. The van der Waals surface area contributed by atoms with Crippen LogP contribution in [0.15, 0.2) is 47.8 Å². The number of benzene rings is 1. The first-order chi connectivity index (χ1) is 8.81. The molecule has 94 valence electrons. The van der Waals surface area contributed by atoms with Gasteiger partial charge in [-0.25, -0.2) is 0 Å². The van der Waals surface area contributed by atoms with Crippen LogP contribution in [0.3, 0.4) is 0 Å². The summed E-state index contributed by atoms with van der Waals surface area (Å²) in [6.45, 7) is 0. The predicted molar refractivity (Wildman–Crippen MR) is 76.1 cm³/mol. The molecule has 0 aliphatic carbocycles. The first kappa shape index (κ1) is 13.1. The molecule has 0 saturated carbocycles. The Balaban J connectivity index is 2.22. The molecule has 0 unspecified atom stereocenters. The molecule has 0 spiro atoms. The quantitative estimate of drug-likeness (QED) is 0.833. The lowest BCUT2D eigenvalue weighted by Crippen LogP contribution is -2.28. The summed E-state index contributed by atoms with van der Waals surface area (Å²) in [5, 5.41) is 5.04. The molecule has 0 saturated heterocycles. The summed E-state index contributed by atoms with van der Waals surface area (Å²) < 4.78 is 0. The Kier molecular flexibility index (Phi) is 4.79. The van der Waals surface area contributed by atoms with Crippen molar-refractivity contribution >= 4 is 28.8 Å². The van der Waals surface area contributed by atoms with Crippen LogP contribution in [0.1, 0.15) is 22.9 Å². The lowest BCUT2D eigenvalue weighted by atomic mass is 10.1. The third kappa shape index (κ3) is 3.34. The van der Waals surface area contributed by atoms with Crippen molar-refractivity contribution in [3.8, 4) is 0 Å². The normalized spacial score (nSPS) is 12.1. The van der Waals surface area contributed by atoms with Gasteiger partial charge in [0.1, 0.15) is 0 Å². The van der Waals surface area contributed by atoms with Crippen LogP contribution in [0.2, 0.25) is 0 Å². The number of amides is 1. The molecule has 2 nitrogen and oxygen atoms in total. The van der Waals surface area contributed by atoms with Crippen molar-refractivity contribution in [2.75, 3.05) is 5.88 Å². The van der Waals surface area contributed by atoms with Gasteiger partial charge in [0, 0.05) is 17.2 Å². The molecule has 2 aromatic rings. The molecule has 1 aromatic carbocycles. The summed E-state index contributed by atoms with van der Waals surface area (Å²) in [6.07, 6.45) is 0.344. The van der Waals surface area contributed by atoms with Gasteiger partial charge in [-0.1, -0.05) is 36.4 Å². The van der Waals surface area contributed by atoms with Crippen LogP contribution < -0.4 is 5.32 Å². The Morgan fingerprint density at radius 2 is 2.00 bits per heavy atom. The van der Waals surface area contributed by atoms with E-state index in [0.717, 1.165) is 10.4 Å². The fraction of sp³-hybridized carbons (Fsp3) is 0.214. The minimum atomic E-state index is -0.0816. The summed E-state index contributed by atoms with van der Waals surface area (Å²) in [5.41, 5.74) is 1.09. The van der Waals surface area contributed by atoms with E-state index in [9.17, 15) is 4.79 Å². The molecule has 0 bridgehead atoms. The van der Waals surface area contributed by atoms with Gasteiger partial charge < -0.3 is 5.32 Å². The van der Waals surface area contributed by atoms with E-state index in [1.165, 1.54) is 0 Å². The molecule has 0 fully saturated rings. The number of hydrogen-bond acceptors (Lipinski definition) is 2. The highest BCUT2D eigenvalue weighted by molar-refractivity contribution is 7.10. The monoisotopic (exact) mass is 279 g/mol. The Labute approximate surface area is 116 Å². The van der Waals surface area contributed by atoms with E-state index in [1.807, 2.05) is 47.8 Å². The number of carbonyl (C=O) groups excluding carboxylic acids is 1. The third-order valence-electron chi connectivity index (χ3n) is 2.59. The Morgan fingerprint density at radius 1 is 1.22 bits per heavy atom. The van der Waals surface area contributed by atoms with E-state index in [-0.39, 0.29) is 11.9 Å². The summed E-state index contributed by atoms with van der Waals surface area (Å²) in [7, 11) is 0. The van der Waals surface area contributed by atoms with Crippen LogP contribution in [0.25, 0.3) is 0 Å². The molecule has 1 atom stereocenters. The van der Waals surface area contributed by atoms with E-state index in [0.29, 0.717) is 12.3 Å². The summed E-state index contributed by atoms with van der Waals surface area (Å²) in [5.74, 6) is 0.324. The van der Waals surface area contributed by atoms with Crippen LogP contribution in [0.4, 0.5) is 0 Å². The average molecular weight is 280 g/mol. The number of alkyl halides is 1. The maximum absolute atomic E-state index is 11.7. The highest BCUT2D eigenvalue weighted by atomic mass is 35.5. The molecule has 0 aliphatic heterocycles. The van der Waals surface area contributed by atoms with Crippen molar-refractivity contribution in [1.29, 1.82) is 0 Å². The standard InChI is InChI=1S/C14H14ClNOS/c15-9-8-13(17)16-14(12-7-4-10-18-12)11-5-2-1-3-6-11/h1-7,10,14H,8-9H2,(H,16,17)/t14-/m1/s1. The minimum Gasteiger partial charge on any atom is -0.344 e. The fourth-order valence-corrected chi connectivity index (χ4v) is 2.71. The first-order valence-corrected chi connectivity index (χ1v) is 7.16. The number of carbonyl (C=O) groups is 1. The van der Waals surface area contributed by atoms with Gasteiger partial charge in [0.15, 0.2) is 0 Å². The molecule has 4 heteroatoms. The van der Waals surface area contributed by atoms with Gasteiger partial charge in [0.05, 0.1) is 6.04 Å². The number of halogens is 1. The second-order valence-electron chi connectivity index (χ2n) is 3.87. The van der Waals surface area contributed by atoms with Gasteiger partial charge in [-0.2, -0.15) is 0 Å². The minimum absolute atomic E-state index is 0.0211.